The van der Waals surface area contributed by atoms with E-state index in [1.807, 2.05) is 48.5 Å². The number of anilines is 1. The normalized spacial score (nSPS) is 11.0. The van der Waals surface area contributed by atoms with Crippen LogP contribution in [0.2, 0.25) is 0 Å². The van der Waals surface area contributed by atoms with Gasteiger partial charge in [0.05, 0.1) is 29.1 Å². The molecule has 1 N–H and O–H groups in total. The Morgan fingerprint density at radius 1 is 1.09 bits per heavy atom. The Bertz CT molecular complexity index is 1360. The van der Waals surface area contributed by atoms with E-state index in [-0.39, 0.29) is 5.91 Å². The summed E-state index contributed by atoms with van der Waals surface area (Å²) in [6, 6.07) is 17.1. The first-order valence-electron chi connectivity index (χ1n) is 10.4. The molecule has 0 radical (unpaired) electrons. The van der Waals surface area contributed by atoms with Gasteiger partial charge in [0, 0.05) is 23.6 Å². The third-order valence-electron chi connectivity index (χ3n) is 5.32. The summed E-state index contributed by atoms with van der Waals surface area (Å²) in [6.07, 6.45) is 7.68. The quantitative estimate of drug-likeness (QED) is 0.418. The first-order valence-corrected chi connectivity index (χ1v) is 10.4. The van der Waals surface area contributed by atoms with Crippen LogP contribution in [0.15, 0.2) is 83.9 Å². The maximum atomic E-state index is 13.3. The molecule has 0 saturated heterocycles. The molecule has 0 spiro atoms. The molecule has 0 fully saturated rings. The van der Waals surface area contributed by atoms with Crippen molar-refractivity contribution in [3.05, 3.63) is 96.3 Å². The fourth-order valence-electron chi connectivity index (χ4n) is 3.59. The Morgan fingerprint density at radius 2 is 1.97 bits per heavy atom. The average molecular weight is 423 g/mol. The molecule has 0 aliphatic heterocycles. The highest BCUT2D eigenvalue weighted by atomic mass is 16.3. The second kappa shape index (κ2) is 8.47. The van der Waals surface area contributed by atoms with Crippen molar-refractivity contribution in [2.75, 3.05) is 5.32 Å². The van der Waals surface area contributed by atoms with Crippen LogP contribution in [0.5, 0.6) is 0 Å². The topological polar surface area (TPSA) is 85.8 Å². The van der Waals surface area contributed by atoms with Crippen LogP contribution >= 0.6 is 0 Å². The molecule has 1 aromatic carbocycles. The maximum absolute atomic E-state index is 13.3. The van der Waals surface area contributed by atoms with Crippen LogP contribution < -0.4 is 5.32 Å². The predicted molar refractivity (Wildman–Crippen MR) is 122 cm³/mol. The minimum Gasteiger partial charge on any atom is -0.467 e. The van der Waals surface area contributed by atoms with Crippen LogP contribution in [0.1, 0.15) is 28.6 Å². The highest BCUT2D eigenvalue weighted by molar-refractivity contribution is 6.12. The van der Waals surface area contributed by atoms with Gasteiger partial charge in [-0.25, -0.2) is 9.67 Å². The summed E-state index contributed by atoms with van der Waals surface area (Å²) in [6.45, 7) is 2.52. The summed E-state index contributed by atoms with van der Waals surface area (Å²) in [7, 11) is 0. The fraction of sp³-hybridized carbons (Fsp3) is 0.120. The van der Waals surface area contributed by atoms with Gasteiger partial charge in [-0.2, -0.15) is 5.10 Å². The van der Waals surface area contributed by atoms with Gasteiger partial charge >= 0.3 is 0 Å². The summed E-state index contributed by atoms with van der Waals surface area (Å²) >= 11 is 0. The molecular weight excluding hydrogens is 402 g/mol. The van der Waals surface area contributed by atoms with Gasteiger partial charge in [-0.1, -0.05) is 19.1 Å². The van der Waals surface area contributed by atoms with Crippen molar-refractivity contribution in [1.82, 2.24) is 19.7 Å². The number of nitrogens with zero attached hydrogens (tertiary/aromatic N) is 4. The molecule has 0 unspecified atom stereocenters. The van der Waals surface area contributed by atoms with Crippen LogP contribution in [0.4, 0.5) is 5.69 Å². The molecular formula is C25H21N5O2. The van der Waals surface area contributed by atoms with Gasteiger partial charge in [-0.3, -0.25) is 9.78 Å². The number of hydrogen-bond acceptors (Lipinski definition) is 5. The Labute approximate surface area is 184 Å². The first kappa shape index (κ1) is 19.7. The van der Waals surface area contributed by atoms with E-state index in [1.165, 1.54) is 5.56 Å². The molecule has 32 heavy (non-hydrogen) atoms. The molecule has 0 atom stereocenters. The van der Waals surface area contributed by atoms with E-state index >= 15 is 0 Å². The van der Waals surface area contributed by atoms with Gasteiger partial charge in [0.15, 0.2) is 5.65 Å². The lowest BCUT2D eigenvalue weighted by Crippen LogP contribution is -2.13. The number of hydrogen-bond donors (Lipinski definition) is 1. The lowest BCUT2D eigenvalue weighted by atomic mass is 10.1. The zero-order chi connectivity index (χ0) is 21.9. The number of benzene rings is 1. The molecule has 0 saturated carbocycles. The van der Waals surface area contributed by atoms with Gasteiger partial charge in [0.25, 0.3) is 5.91 Å². The maximum Gasteiger partial charge on any atom is 0.256 e. The number of amides is 1. The zero-order valence-electron chi connectivity index (χ0n) is 17.5. The monoisotopic (exact) mass is 423 g/mol. The van der Waals surface area contributed by atoms with Crippen LogP contribution in [-0.2, 0) is 13.0 Å². The van der Waals surface area contributed by atoms with Crippen molar-refractivity contribution in [3.63, 3.8) is 0 Å². The van der Waals surface area contributed by atoms with E-state index < -0.39 is 0 Å². The number of carbonyl (C=O) groups excluding carboxylic acids is 1. The van der Waals surface area contributed by atoms with Gasteiger partial charge < -0.3 is 9.73 Å². The number of carbonyl (C=O) groups is 1. The minimum atomic E-state index is -0.218. The number of rotatable bonds is 6. The van der Waals surface area contributed by atoms with Gasteiger partial charge in [0.2, 0.25) is 0 Å². The van der Waals surface area contributed by atoms with E-state index in [0.717, 1.165) is 23.4 Å². The molecule has 0 aliphatic rings. The summed E-state index contributed by atoms with van der Waals surface area (Å²) in [5.41, 5.74) is 4.53. The van der Waals surface area contributed by atoms with Crippen molar-refractivity contribution < 1.29 is 9.21 Å². The lowest BCUT2D eigenvalue weighted by Gasteiger charge is -2.10. The van der Waals surface area contributed by atoms with E-state index in [4.69, 9.17) is 9.40 Å². The summed E-state index contributed by atoms with van der Waals surface area (Å²) in [4.78, 5) is 22.3. The van der Waals surface area contributed by atoms with Crippen LogP contribution in [0, 0.1) is 0 Å². The van der Waals surface area contributed by atoms with Crippen molar-refractivity contribution >= 4 is 22.6 Å². The Morgan fingerprint density at radius 3 is 2.69 bits per heavy atom. The molecule has 5 rings (SSSR count). The molecule has 1 amide bonds. The standard InChI is InChI=1S/C25H21N5O2/c1-2-17-7-9-19(10-8-17)28-25(31)21-13-23(18-5-3-11-26-14-18)29-24-22(21)15-27-30(24)16-20-6-4-12-32-20/h3-15H,2,16H2,1H3,(H,28,31). The Hall–Kier alpha value is -4.26. The van der Waals surface area contributed by atoms with Crippen molar-refractivity contribution in [3.8, 4) is 11.3 Å². The average Bonchev–Trinajstić information content (AvgIpc) is 3.50. The molecule has 0 bridgehead atoms. The minimum absolute atomic E-state index is 0.218. The van der Waals surface area contributed by atoms with E-state index in [2.05, 4.69) is 22.3 Å². The number of pyridine rings is 2. The predicted octanol–water partition coefficient (Wildman–Crippen LogP) is 4.95. The summed E-state index contributed by atoms with van der Waals surface area (Å²) < 4.78 is 7.21. The van der Waals surface area contributed by atoms with Crippen LogP contribution in [0.3, 0.4) is 0 Å². The number of nitrogens with one attached hydrogen (secondary N) is 1. The number of aromatic nitrogens is 4. The smallest absolute Gasteiger partial charge is 0.256 e. The lowest BCUT2D eigenvalue weighted by molar-refractivity contribution is 0.102. The van der Waals surface area contributed by atoms with E-state index in [9.17, 15) is 4.79 Å². The summed E-state index contributed by atoms with van der Waals surface area (Å²) in [5, 5.41) is 8.15. The summed E-state index contributed by atoms with van der Waals surface area (Å²) in [5.74, 6) is 0.537. The first-order chi connectivity index (χ1) is 15.7. The zero-order valence-corrected chi connectivity index (χ0v) is 17.5. The van der Waals surface area contributed by atoms with Crippen molar-refractivity contribution in [2.24, 2.45) is 0 Å². The second-order valence-electron chi connectivity index (χ2n) is 7.42. The molecule has 158 valence electrons. The van der Waals surface area contributed by atoms with E-state index in [0.29, 0.717) is 28.8 Å². The number of aryl methyl sites for hydroxylation is 1. The third kappa shape index (κ3) is 3.88. The molecule has 5 aromatic rings. The molecule has 0 aliphatic carbocycles. The Kier molecular flexibility index (Phi) is 5.21. The van der Waals surface area contributed by atoms with Crippen molar-refractivity contribution in [1.29, 1.82) is 0 Å². The molecule has 7 heteroatoms. The van der Waals surface area contributed by atoms with Gasteiger partial charge in [-0.15, -0.1) is 0 Å². The Balaban J connectivity index is 1.58. The SMILES string of the molecule is CCc1ccc(NC(=O)c2cc(-c3cccnc3)nc3c2cnn3Cc2ccco2)cc1. The molecule has 4 heterocycles. The number of fused-ring (bicyclic) bond motifs is 1. The van der Waals surface area contributed by atoms with E-state index in [1.54, 1.807) is 35.6 Å². The highest BCUT2D eigenvalue weighted by Gasteiger charge is 2.18. The van der Waals surface area contributed by atoms with Gasteiger partial charge in [0.1, 0.15) is 12.3 Å². The highest BCUT2D eigenvalue weighted by Crippen LogP contribution is 2.26. The van der Waals surface area contributed by atoms with Gasteiger partial charge in [-0.05, 0) is 54.4 Å². The number of furan rings is 1. The van der Waals surface area contributed by atoms with Crippen molar-refractivity contribution in [2.45, 2.75) is 19.9 Å². The largest absolute Gasteiger partial charge is 0.467 e. The van der Waals surface area contributed by atoms with Crippen LogP contribution in [-0.4, -0.2) is 25.7 Å². The van der Waals surface area contributed by atoms with Crippen LogP contribution in [0.25, 0.3) is 22.3 Å². The fourth-order valence-corrected chi connectivity index (χ4v) is 3.59. The molecule has 4 aromatic heterocycles. The third-order valence-corrected chi connectivity index (χ3v) is 5.32. The second-order valence-corrected chi connectivity index (χ2v) is 7.42. The molecule has 7 nitrogen and oxygen atoms in total.